The molecule has 0 aliphatic rings. The molecule has 0 saturated heterocycles. The zero-order valence-electron chi connectivity index (χ0n) is 15.3. The number of rotatable bonds is 7. The van der Waals surface area contributed by atoms with Crippen LogP contribution in [0.5, 0.6) is 11.5 Å². The van der Waals surface area contributed by atoms with Gasteiger partial charge in [-0.15, -0.1) is 0 Å². The monoisotopic (exact) mass is 413 g/mol. The third-order valence-electron chi connectivity index (χ3n) is 3.73. The maximum atomic E-state index is 12.4. The lowest BCUT2D eigenvalue weighted by Gasteiger charge is -2.16. The van der Waals surface area contributed by atoms with E-state index in [1.54, 1.807) is 25.1 Å². The van der Waals surface area contributed by atoms with Crippen LogP contribution < -0.4 is 14.8 Å². The zero-order valence-corrected chi connectivity index (χ0v) is 16.0. The van der Waals surface area contributed by atoms with Crippen LogP contribution in [0.2, 0.25) is 5.02 Å². The number of hydrogen-bond donors (Lipinski definition) is 1. The lowest BCUT2D eigenvalue weighted by Crippen LogP contribution is -2.30. The molecule has 150 valence electrons. The zero-order chi connectivity index (χ0) is 20.8. The molecule has 0 saturated carbocycles. The second-order valence-electron chi connectivity index (χ2n) is 5.74. The fourth-order valence-electron chi connectivity index (χ4n) is 2.23. The number of ether oxygens (including phenoxy) is 3. The Labute approximate surface area is 165 Å². The van der Waals surface area contributed by atoms with Crippen molar-refractivity contribution in [3.05, 3.63) is 52.5 Å². The second-order valence-corrected chi connectivity index (χ2v) is 6.18. The van der Waals surface area contributed by atoms with Crippen LogP contribution in [-0.4, -0.2) is 31.7 Å². The van der Waals surface area contributed by atoms with Crippen LogP contribution in [0.4, 0.5) is 14.5 Å². The number of alkyl halides is 2. The molecule has 2 aromatic rings. The Hall–Kier alpha value is -2.87. The van der Waals surface area contributed by atoms with E-state index in [9.17, 15) is 18.4 Å². The molecule has 1 N–H and O–H groups in total. The van der Waals surface area contributed by atoms with Crippen molar-refractivity contribution in [3.63, 3.8) is 0 Å². The maximum absolute atomic E-state index is 12.4. The first-order valence-electron chi connectivity index (χ1n) is 8.12. The normalized spacial score (nSPS) is 11.7. The molecule has 0 radical (unpaired) electrons. The summed E-state index contributed by atoms with van der Waals surface area (Å²) in [5, 5.41) is 3.08. The van der Waals surface area contributed by atoms with Crippen molar-refractivity contribution in [2.24, 2.45) is 0 Å². The van der Waals surface area contributed by atoms with Gasteiger partial charge in [-0.3, -0.25) is 4.79 Å². The molecule has 6 nitrogen and oxygen atoms in total. The molecule has 9 heteroatoms. The van der Waals surface area contributed by atoms with Crippen LogP contribution in [0, 0.1) is 6.92 Å². The smallest absolute Gasteiger partial charge is 0.387 e. The Kier molecular flexibility index (Phi) is 7.17. The number of halogens is 3. The summed E-state index contributed by atoms with van der Waals surface area (Å²) in [4.78, 5) is 24.5. The minimum atomic E-state index is -3.04. The SMILES string of the molecule is COc1cc(C(=O)O[C@@H](C)C(=O)Nc2cc(Cl)ccc2C)ccc1OC(F)F. The first-order valence-corrected chi connectivity index (χ1v) is 8.50. The van der Waals surface area contributed by atoms with Gasteiger partial charge in [0, 0.05) is 10.7 Å². The summed E-state index contributed by atoms with van der Waals surface area (Å²) >= 11 is 5.91. The molecule has 2 aromatic carbocycles. The first kappa shape index (κ1) is 21.4. The van der Waals surface area contributed by atoms with E-state index in [-0.39, 0.29) is 17.1 Å². The van der Waals surface area contributed by atoms with Gasteiger partial charge in [0.1, 0.15) is 0 Å². The highest BCUT2D eigenvalue weighted by molar-refractivity contribution is 6.31. The number of nitrogens with one attached hydrogen (secondary N) is 1. The average molecular weight is 414 g/mol. The van der Waals surface area contributed by atoms with Crippen LogP contribution in [0.1, 0.15) is 22.8 Å². The Bertz CT molecular complexity index is 875. The van der Waals surface area contributed by atoms with E-state index in [1.807, 2.05) is 0 Å². The molecule has 2 rings (SSSR count). The van der Waals surface area contributed by atoms with Gasteiger partial charge in [0.25, 0.3) is 5.91 Å². The second kappa shape index (κ2) is 9.36. The third kappa shape index (κ3) is 5.56. The van der Waals surface area contributed by atoms with Crippen molar-refractivity contribution >= 4 is 29.2 Å². The quantitative estimate of drug-likeness (QED) is 0.679. The van der Waals surface area contributed by atoms with Gasteiger partial charge < -0.3 is 19.5 Å². The lowest BCUT2D eigenvalue weighted by atomic mass is 10.2. The maximum Gasteiger partial charge on any atom is 0.387 e. The Balaban J connectivity index is 2.07. The minimum Gasteiger partial charge on any atom is -0.493 e. The van der Waals surface area contributed by atoms with Gasteiger partial charge in [0.15, 0.2) is 17.6 Å². The number of anilines is 1. The predicted molar refractivity (Wildman–Crippen MR) is 99.3 cm³/mol. The molecular weight excluding hydrogens is 396 g/mol. The first-order chi connectivity index (χ1) is 13.2. The van der Waals surface area contributed by atoms with Crippen molar-refractivity contribution in [3.8, 4) is 11.5 Å². The predicted octanol–water partition coefficient (Wildman–Crippen LogP) is 4.44. The Morgan fingerprint density at radius 3 is 2.46 bits per heavy atom. The number of carbonyl (C=O) groups is 2. The fourth-order valence-corrected chi connectivity index (χ4v) is 2.41. The fraction of sp³-hybridized carbons (Fsp3) is 0.263. The van der Waals surface area contributed by atoms with E-state index in [4.69, 9.17) is 21.1 Å². The molecule has 0 bridgehead atoms. The van der Waals surface area contributed by atoms with E-state index in [1.165, 1.54) is 26.2 Å². The van der Waals surface area contributed by atoms with E-state index in [0.717, 1.165) is 11.6 Å². The third-order valence-corrected chi connectivity index (χ3v) is 3.96. The number of amides is 1. The van der Waals surface area contributed by atoms with Gasteiger partial charge in [0.05, 0.1) is 12.7 Å². The number of esters is 1. The molecule has 28 heavy (non-hydrogen) atoms. The summed E-state index contributed by atoms with van der Waals surface area (Å²) in [5.74, 6) is -1.67. The summed E-state index contributed by atoms with van der Waals surface area (Å²) < 4.78 is 39.1. The molecule has 0 aliphatic carbocycles. The van der Waals surface area contributed by atoms with E-state index in [2.05, 4.69) is 10.1 Å². The summed E-state index contributed by atoms with van der Waals surface area (Å²) in [7, 11) is 1.24. The van der Waals surface area contributed by atoms with Crippen molar-refractivity contribution < 1.29 is 32.6 Å². The molecule has 0 spiro atoms. The topological polar surface area (TPSA) is 73.9 Å². The van der Waals surface area contributed by atoms with Gasteiger partial charge in [-0.05, 0) is 49.7 Å². The van der Waals surface area contributed by atoms with Gasteiger partial charge >= 0.3 is 12.6 Å². The number of hydrogen-bond acceptors (Lipinski definition) is 5. The number of aryl methyl sites for hydroxylation is 1. The van der Waals surface area contributed by atoms with Crippen LogP contribution in [0.15, 0.2) is 36.4 Å². The standard InChI is InChI=1S/C19H18ClF2NO5/c1-10-4-6-13(20)9-14(10)23-17(24)11(2)27-18(25)12-5-7-15(28-19(21)22)16(8-12)26-3/h4-9,11,19H,1-3H3,(H,23,24)/t11-/m0/s1. The van der Waals surface area contributed by atoms with Gasteiger partial charge in [-0.25, -0.2) is 4.79 Å². The molecule has 1 amide bonds. The number of benzene rings is 2. The van der Waals surface area contributed by atoms with E-state index < -0.39 is 24.6 Å². The van der Waals surface area contributed by atoms with Crippen molar-refractivity contribution in [2.75, 3.05) is 12.4 Å². The van der Waals surface area contributed by atoms with Gasteiger partial charge in [-0.1, -0.05) is 17.7 Å². The van der Waals surface area contributed by atoms with Crippen LogP contribution in [0.3, 0.4) is 0 Å². The van der Waals surface area contributed by atoms with Crippen molar-refractivity contribution in [2.45, 2.75) is 26.6 Å². The highest BCUT2D eigenvalue weighted by Gasteiger charge is 2.21. The average Bonchev–Trinajstić information content (AvgIpc) is 2.64. The van der Waals surface area contributed by atoms with Crippen LogP contribution in [-0.2, 0) is 9.53 Å². The van der Waals surface area contributed by atoms with Gasteiger partial charge in [0.2, 0.25) is 0 Å². The van der Waals surface area contributed by atoms with Crippen LogP contribution >= 0.6 is 11.6 Å². The molecule has 1 atom stereocenters. The largest absolute Gasteiger partial charge is 0.493 e. The molecule has 0 fully saturated rings. The molecule has 0 heterocycles. The Morgan fingerprint density at radius 2 is 1.82 bits per heavy atom. The minimum absolute atomic E-state index is 0.0112. The molecule has 0 aromatic heterocycles. The van der Waals surface area contributed by atoms with Crippen LogP contribution in [0.25, 0.3) is 0 Å². The highest BCUT2D eigenvalue weighted by Crippen LogP contribution is 2.30. The van der Waals surface area contributed by atoms with E-state index in [0.29, 0.717) is 10.7 Å². The molecule has 0 unspecified atom stereocenters. The molecule has 0 aliphatic heterocycles. The highest BCUT2D eigenvalue weighted by atomic mass is 35.5. The lowest BCUT2D eigenvalue weighted by molar-refractivity contribution is -0.123. The number of carbonyl (C=O) groups excluding carboxylic acids is 2. The summed E-state index contributed by atoms with van der Waals surface area (Å²) in [6, 6.07) is 8.58. The van der Waals surface area contributed by atoms with Gasteiger partial charge in [-0.2, -0.15) is 8.78 Å². The van der Waals surface area contributed by atoms with Crippen molar-refractivity contribution in [1.29, 1.82) is 0 Å². The molecular formula is C19H18ClF2NO5. The number of methoxy groups -OCH3 is 1. The van der Waals surface area contributed by atoms with Crippen molar-refractivity contribution in [1.82, 2.24) is 0 Å². The summed E-state index contributed by atoms with van der Waals surface area (Å²) in [6.45, 7) is 0.154. The summed E-state index contributed by atoms with van der Waals surface area (Å²) in [6.07, 6.45) is -1.12. The Morgan fingerprint density at radius 1 is 1.11 bits per heavy atom. The van der Waals surface area contributed by atoms with E-state index >= 15 is 0 Å². The summed E-state index contributed by atoms with van der Waals surface area (Å²) in [5.41, 5.74) is 1.29.